The molecule has 1 aliphatic heterocycles. The first-order valence-corrected chi connectivity index (χ1v) is 7.91. The van der Waals surface area contributed by atoms with Crippen molar-refractivity contribution < 1.29 is 23.9 Å². The Morgan fingerprint density at radius 2 is 1.81 bits per heavy atom. The number of anilines is 1. The molecule has 3 rings (SSSR count). The summed E-state index contributed by atoms with van der Waals surface area (Å²) in [5, 5.41) is 11.1. The van der Waals surface area contributed by atoms with Crippen molar-refractivity contribution in [2.45, 2.75) is 19.6 Å². The molecule has 0 aromatic heterocycles. The Balaban J connectivity index is 2.03. The van der Waals surface area contributed by atoms with E-state index in [9.17, 15) is 14.9 Å². The van der Waals surface area contributed by atoms with E-state index in [0.29, 0.717) is 22.9 Å². The molecule has 1 unspecified atom stereocenters. The minimum absolute atomic E-state index is 0.108. The number of hydrogen-bond donors (Lipinski definition) is 0. The summed E-state index contributed by atoms with van der Waals surface area (Å²) in [4.78, 5) is 24.7. The fraction of sp³-hybridized carbons (Fsp3) is 0.278. The second-order valence-electron chi connectivity index (χ2n) is 5.81. The average Bonchev–Trinajstić information content (AvgIpc) is 2.64. The van der Waals surface area contributed by atoms with Crippen LogP contribution in [0.3, 0.4) is 0 Å². The van der Waals surface area contributed by atoms with Gasteiger partial charge in [0, 0.05) is 18.2 Å². The maximum atomic E-state index is 12.7. The molecule has 2 aromatic carbocycles. The van der Waals surface area contributed by atoms with Crippen LogP contribution in [0.15, 0.2) is 36.4 Å². The highest BCUT2D eigenvalue weighted by Gasteiger charge is 2.33. The highest BCUT2D eigenvalue weighted by Crippen LogP contribution is 2.38. The number of non-ortho nitro benzene ring substituents is 1. The highest BCUT2D eigenvalue weighted by atomic mass is 16.6. The van der Waals surface area contributed by atoms with E-state index in [2.05, 4.69) is 0 Å². The molecule has 0 aliphatic carbocycles. The van der Waals surface area contributed by atoms with E-state index in [1.807, 2.05) is 0 Å². The van der Waals surface area contributed by atoms with Crippen LogP contribution in [0.25, 0.3) is 0 Å². The van der Waals surface area contributed by atoms with Gasteiger partial charge in [0.05, 0.1) is 31.4 Å². The van der Waals surface area contributed by atoms with E-state index < -0.39 is 11.0 Å². The SMILES string of the molecule is COc1cc(CN2C(=O)C(C)Oc3ccc([N+](=O)[O-])cc32)cc(OC)c1. The molecule has 1 aliphatic rings. The number of rotatable bonds is 5. The molecular formula is C18H18N2O6. The molecule has 1 atom stereocenters. The van der Waals surface area contributed by atoms with E-state index in [0.717, 1.165) is 5.56 Å². The van der Waals surface area contributed by atoms with Crippen LogP contribution in [0.1, 0.15) is 12.5 Å². The van der Waals surface area contributed by atoms with Crippen LogP contribution in [-0.2, 0) is 11.3 Å². The number of amides is 1. The highest BCUT2D eigenvalue weighted by molar-refractivity contribution is 6.00. The lowest BCUT2D eigenvalue weighted by Crippen LogP contribution is -2.44. The van der Waals surface area contributed by atoms with Gasteiger partial charge in [0.1, 0.15) is 17.2 Å². The topological polar surface area (TPSA) is 91.1 Å². The Hall–Kier alpha value is -3.29. The van der Waals surface area contributed by atoms with Crippen LogP contribution in [0, 0.1) is 10.1 Å². The van der Waals surface area contributed by atoms with Crippen LogP contribution in [-0.4, -0.2) is 31.2 Å². The zero-order valence-electron chi connectivity index (χ0n) is 14.6. The van der Waals surface area contributed by atoms with Gasteiger partial charge < -0.3 is 19.1 Å². The van der Waals surface area contributed by atoms with Gasteiger partial charge in [-0.3, -0.25) is 14.9 Å². The fourth-order valence-electron chi connectivity index (χ4n) is 2.81. The molecule has 8 nitrogen and oxygen atoms in total. The van der Waals surface area contributed by atoms with Crippen molar-refractivity contribution in [2.24, 2.45) is 0 Å². The van der Waals surface area contributed by atoms with Gasteiger partial charge in [-0.25, -0.2) is 0 Å². The van der Waals surface area contributed by atoms with E-state index in [-0.39, 0.29) is 18.1 Å². The lowest BCUT2D eigenvalue weighted by atomic mass is 10.1. The number of nitrogens with zero attached hydrogens (tertiary/aromatic N) is 2. The Kier molecular flexibility index (Phi) is 4.66. The predicted molar refractivity (Wildman–Crippen MR) is 93.9 cm³/mol. The van der Waals surface area contributed by atoms with E-state index in [4.69, 9.17) is 14.2 Å². The van der Waals surface area contributed by atoms with Crippen molar-refractivity contribution in [3.8, 4) is 17.2 Å². The maximum Gasteiger partial charge on any atom is 0.271 e. The summed E-state index contributed by atoms with van der Waals surface area (Å²) in [6, 6.07) is 9.51. The molecular weight excluding hydrogens is 340 g/mol. The van der Waals surface area contributed by atoms with Gasteiger partial charge in [-0.05, 0) is 30.7 Å². The third kappa shape index (κ3) is 3.26. The number of carbonyl (C=O) groups excluding carboxylic acids is 1. The molecule has 26 heavy (non-hydrogen) atoms. The van der Waals surface area contributed by atoms with Gasteiger partial charge in [-0.2, -0.15) is 0 Å². The number of nitro groups is 1. The molecule has 2 aromatic rings. The Bertz CT molecular complexity index is 845. The van der Waals surface area contributed by atoms with Crippen molar-refractivity contribution in [1.82, 2.24) is 0 Å². The standard InChI is InChI=1S/C18H18N2O6/c1-11-18(21)19(10-12-6-14(24-2)9-15(7-12)25-3)16-8-13(20(22)23)4-5-17(16)26-11/h4-9,11H,10H2,1-3H3. The van der Waals surface area contributed by atoms with E-state index >= 15 is 0 Å². The van der Waals surface area contributed by atoms with E-state index in [1.165, 1.54) is 23.1 Å². The molecule has 136 valence electrons. The number of nitro benzene ring substituents is 1. The molecule has 8 heteroatoms. The minimum atomic E-state index is -0.684. The van der Waals surface area contributed by atoms with Gasteiger partial charge in [0.25, 0.3) is 11.6 Å². The first-order valence-electron chi connectivity index (χ1n) is 7.91. The van der Waals surface area contributed by atoms with Gasteiger partial charge in [0.2, 0.25) is 0 Å². The molecule has 0 bridgehead atoms. The van der Waals surface area contributed by atoms with Crippen LogP contribution in [0.5, 0.6) is 17.2 Å². The zero-order chi connectivity index (χ0) is 18.8. The summed E-state index contributed by atoms with van der Waals surface area (Å²) in [6.45, 7) is 1.85. The molecule has 0 fully saturated rings. The molecule has 1 amide bonds. The molecule has 0 saturated heterocycles. The number of ether oxygens (including phenoxy) is 3. The van der Waals surface area contributed by atoms with Crippen molar-refractivity contribution in [3.63, 3.8) is 0 Å². The normalized spacial score (nSPS) is 15.9. The summed E-state index contributed by atoms with van der Waals surface area (Å²) in [7, 11) is 3.08. The number of hydrogen-bond acceptors (Lipinski definition) is 6. The second kappa shape index (κ2) is 6.91. The Morgan fingerprint density at radius 3 is 2.38 bits per heavy atom. The predicted octanol–water partition coefficient (Wildman–Crippen LogP) is 2.93. The Labute approximate surface area is 150 Å². The number of methoxy groups -OCH3 is 2. The average molecular weight is 358 g/mol. The fourth-order valence-corrected chi connectivity index (χ4v) is 2.81. The van der Waals surface area contributed by atoms with Gasteiger partial charge in [-0.15, -0.1) is 0 Å². The van der Waals surface area contributed by atoms with Crippen LogP contribution in [0.4, 0.5) is 11.4 Å². The molecule has 0 saturated carbocycles. The number of benzene rings is 2. The summed E-state index contributed by atoms with van der Waals surface area (Å²) < 4.78 is 16.1. The number of carbonyl (C=O) groups is 1. The summed E-state index contributed by atoms with van der Waals surface area (Å²) in [5.74, 6) is 1.33. The minimum Gasteiger partial charge on any atom is -0.497 e. The first-order chi connectivity index (χ1) is 12.4. The largest absolute Gasteiger partial charge is 0.497 e. The van der Waals surface area contributed by atoms with Crippen molar-refractivity contribution in [2.75, 3.05) is 19.1 Å². The van der Waals surface area contributed by atoms with Crippen molar-refractivity contribution >= 4 is 17.3 Å². The quantitative estimate of drug-likeness (QED) is 0.603. The lowest BCUT2D eigenvalue weighted by molar-refractivity contribution is -0.384. The lowest BCUT2D eigenvalue weighted by Gasteiger charge is -2.33. The van der Waals surface area contributed by atoms with Crippen LogP contribution < -0.4 is 19.1 Å². The third-order valence-electron chi connectivity index (χ3n) is 4.11. The van der Waals surface area contributed by atoms with Gasteiger partial charge in [-0.1, -0.05) is 0 Å². The molecule has 0 radical (unpaired) electrons. The summed E-state index contributed by atoms with van der Waals surface area (Å²) >= 11 is 0. The molecule has 0 N–H and O–H groups in total. The first kappa shape index (κ1) is 17.5. The molecule has 0 spiro atoms. The monoisotopic (exact) mass is 358 g/mol. The third-order valence-corrected chi connectivity index (χ3v) is 4.11. The van der Waals surface area contributed by atoms with Crippen LogP contribution >= 0.6 is 0 Å². The van der Waals surface area contributed by atoms with Crippen molar-refractivity contribution in [3.05, 3.63) is 52.1 Å². The summed E-state index contributed by atoms with van der Waals surface area (Å²) in [6.07, 6.45) is -0.684. The smallest absolute Gasteiger partial charge is 0.271 e. The van der Waals surface area contributed by atoms with Crippen molar-refractivity contribution in [1.29, 1.82) is 0 Å². The van der Waals surface area contributed by atoms with E-state index in [1.54, 1.807) is 39.3 Å². The van der Waals surface area contributed by atoms with Gasteiger partial charge >= 0.3 is 0 Å². The molecule has 1 heterocycles. The van der Waals surface area contributed by atoms with Crippen LogP contribution in [0.2, 0.25) is 0 Å². The second-order valence-corrected chi connectivity index (χ2v) is 5.81. The number of fused-ring (bicyclic) bond motifs is 1. The van der Waals surface area contributed by atoms with Gasteiger partial charge in [0.15, 0.2) is 6.10 Å². The zero-order valence-corrected chi connectivity index (χ0v) is 14.6. The Morgan fingerprint density at radius 1 is 1.15 bits per heavy atom. The summed E-state index contributed by atoms with van der Waals surface area (Å²) in [5.41, 5.74) is 1.02. The maximum absolute atomic E-state index is 12.7.